The van der Waals surface area contributed by atoms with Crippen molar-refractivity contribution in [2.75, 3.05) is 10.6 Å². The number of imidazole rings is 1. The Morgan fingerprint density at radius 2 is 1.62 bits per heavy atom. The van der Waals surface area contributed by atoms with E-state index in [2.05, 4.69) is 30.6 Å². The molecule has 0 spiro atoms. The smallest absolute Gasteiger partial charge is 0.258 e. The average Bonchev–Trinajstić information content (AvgIpc) is 3.32. The summed E-state index contributed by atoms with van der Waals surface area (Å²) in [6.07, 6.45) is 10.3. The summed E-state index contributed by atoms with van der Waals surface area (Å²) in [5, 5.41) is 5.97. The van der Waals surface area contributed by atoms with Crippen molar-refractivity contribution in [1.82, 2.24) is 19.9 Å². The second-order valence-corrected chi connectivity index (χ2v) is 11.1. The second-order valence-electron chi connectivity index (χ2n) is 11.1. The first-order chi connectivity index (χ1) is 18.0. The van der Waals surface area contributed by atoms with Gasteiger partial charge < -0.3 is 15.6 Å². The summed E-state index contributed by atoms with van der Waals surface area (Å²) in [7, 11) is 0. The van der Waals surface area contributed by atoms with Gasteiger partial charge in [-0.05, 0) is 98.7 Å². The van der Waals surface area contributed by atoms with Crippen LogP contribution in [0.4, 0.5) is 11.5 Å². The first-order valence-electron chi connectivity index (χ1n) is 13.0. The lowest BCUT2D eigenvalue weighted by molar-refractivity contribution is -0.140. The Bertz CT molecular complexity index is 1460. The van der Waals surface area contributed by atoms with Crippen LogP contribution in [0, 0.1) is 23.2 Å². The van der Waals surface area contributed by atoms with Crippen LogP contribution in [0.3, 0.4) is 0 Å². The van der Waals surface area contributed by atoms with Gasteiger partial charge in [-0.25, -0.2) is 15.0 Å². The van der Waals surface area contributed by atoms with Crippen molar-refractivity contribution in [1.29, 1.82) is 0 Å². The molecule has 4 aliphatic carbocycles. The van der Waals surface area contributed by atoms with Gasteiger partial charge in [-0.1, -0.05) is 6.07 Å². The highest BCUT2D eigenvalue weighted by Crippen LogP contribution is 2.60. The minimum absolute atomic E-state index is 0.168. The Kier molecular flexibility index (Phi) is 5.09. The average molecular weight is 493 g/mol. The van der Waals surface area contributed by atoms with E-state index in [4.69, 9.17) is 0 Å². The summed E-state index contributed by atoms with van der Waals surface area (Å²) in [6, 6.07) is 14.8. The Hall–Kier alpha value is -4.07. The van der Waals surface area contributed by atoms with E-state index in [1.165, 1.54) is 25.5 Å². The van der Waals surface area contributed by atoms with Crippen LogP contribution < -0.4 is 10.6 Å². The quantitative estimate of drug-likeness (QED) is 0.344. The molecule has 2 amide bonds. The van der Waals surface area contributed by atoms with Crippen LogP contribution in [-0.2, 0) is 4.79 Å². The number of aromatic amines is 1. The van der Waals surface area contributed by atoms with Crippen LogP contribution >= 0.6 is 0 Å². The highest BCUT2D eigenvalue weighted by molar-refractivity contribution is 6.05. The number of hydrogen-bond acceptors (Lipinski definition) is 5. The van der Waals surface area contributed by atoms with Gasteiger partial charge in [-0.15, -0.1) is 0 Å². The molecule has 4 aromatic rings. The first kappa shape index (κ1) is 22.2. The minimum Gasteiger partial charge on any atom is -0.326 e. The fourth-order valence-electron chi connectivity index (χ4n) is 7.15. The van der Waals surface area contributed by atoms with Crippen molar-refractivity contribution < 1.29 is 9.59 Å². The standard InChI is InChI=1S/C29H28N6O2/c36-27(34-24-3-1-2-8-30-24)21-12-23-26(31-16-21)35-25(33-23)20-4-6-22(7-5-20)32-28(37)29-13-17-9-18(14-29)11-19(10-17)15-29/h1-8,12,16-19H,9-11,13-15H2,(H,32,37)(H,30,34,36)(H,31,33,35). The number of carbonyl (C=O) groups excluding carboxylic acids is 2. The monoisotopic (exact) mass is 492 g/mol. The largest absolute Gasteiger partial charge is 0.326 e. The lowest BCUT2D eigenvalue weighted by atomic mass is 9.49. The van der Waals surface area contributed by atoms with Crippen molar-refractivity contribution in [3.8, 4) is 11.4 Å². The fraction of sp³-hybridized carbons (Fsp3) is 0.345. The Morgan fingerprint density at radius 1 is 0.892 bits per heavy atom. The maximum Gasteiger partial charge on any atom is 0.258 e. The summed E-state index contributed by atoms with van der Waals surface area (Å²) >= 11 is 0. The molecule has 4 fully saturated rings. The van der Waals surface area contributed by atoms with Gasteiger partial charge >= 0.3 is 0 Å². The van der Waals surface area contributed by atoms with Crippen molar-refractivity contribution in [2.45, 2.75) is 38.5 Å². The summed E-state index contributed by atoms with van der Waals surface area (Å²) in [5.41, 5.74) is 3.13. The Balaban J connectivity index is 1.06. The van der Waals surface area contributed by atoms with Gasteiger partial charge in [0.25, 0.3) is 5.91 Å². The normalized spacial score (nSPS) is 25.8. The van der Waals surface area contributed by atoms with E-state index >= 15 is 0 Å². The van der Waals surface area contributed by atoms with E-state index in [1.54, 1.807) is 24.4 Å². The topological polar surface area (TPSA) is 113 Å². The third kappa shape index (κ3) is 4.06. The van der Waals surface area contributed by atoms with Crippen molar-refractivity contribution in [3.05, 3.63) is 66.5 Å². The molecule has 1 aromatic carbocycles. The number of carbonyl (C=O) groups is 2. The molecule has 37 heavy (non-hydrogen) atoms. The second kappa shape index (κ2) is 8.50. The van der Waals surface area contributed by atoms with Gasteiger partial charge in [0.1, 0.15) is 17.2 Å². The molecule has 3 N–H and O–H groups in total. The molecule has 0 unspecified atom stereocenters. The van der Waals surface area contributed by atoms with E-state index < -0.39 is 0 Å². The molecule has 4 aliphatic rings. The number of amides is 2. The number of hydrogen-bond donors (Lipinski definition) is 3. The molecule has 8 rings (SSSR count). The lowest BCUT2D eigenvalue weighted by Gasteiger charge is -2.55. The van der Waals surface area contributed by atoms with E-state index in [0.717, 1.165) is 48.3 Å². The predicted molar refractivity (Wildman–Crippen MR) is 141 cm³/mol. The molecule has 0 aliphatic heterocycles. The van der Waals surface area contributed by atoms with E-state index in [1.807, 2.05) is 30.3 Å². The molecule has 3 aromatic heterocycles. The molecule has 0 radical (unpaired) electrons. The molecule has 3 heterocycles. The molecule has 186 valence electrons. The third-order valence-corrected chi connectivity index (χ3v) is 8.44. The SMILES string of the molecule is O=C(Nc1ccccn1)c1cnc2[nH]c(-c3ccc(NC(=O)C45CC6CC(CC(C6)C4)C5)cc3)nc2c1. The molecule has 0 saturated heterocycles. The van der Waals surface area contributed by atoms with Crippen LogP contribution in [0.25, 0.3) is 22.6 Å². The van der Waals surface area contributed by atoms with Gasteiger partial charge in [-0.2, -0.15) is 0 Å². The third-order valence-electron chi connectivity index (χ3n) is 8.44. The number of nitrogens with zero attached hydrogens (tertiary/aromatic N) is 3. The van der Waals surface area contributed by atoms with Crippen LogP contribution in [0.5, 0.6) is 0 Å². The number of benzene rings is 1. The fourth-order valence-corrected chi connectivity index (χ4v) is 7.15. The Labute approximate surface area is 214 Å². The summed E-state index contributed by atoms with van der Waals surface area (Å²) < 4.78 is 0. The number of aromatic nitrogens is 4. The van der Waals surface area contributed by atoms with Gasteiger partial charge in [0.15, 0.2) is 5.65 Å². The van der Waals surface area contributed by atoms with Gasteiger partial charge in [0.2, 0.25) is 5.91 Å². The Morgan fingerprint density at radius 3 is 2.30 bits per heavy atom. The summed E-state index contributed by atoms with van der Waals surface area (Å²) in [5.74, 6) is 3.25. The summed E-state index contributed by atoms with van der Waals surface area (Å²) in [4.78, 5) is 42.3. The van der Waals surface area contributed by atoms with Crippen LogP contribution in [0.2, 0.25) is 0 Å². The summed E-state index contributed by atoms with van der Waals surface area (Å²) in [6.45, 7) is 0. The maximum atomic E-state index is 13.4. The molecule has 8 nitrogen and oxygen atoms in total. The van der Waals surface area contributed by atoms with Crippen LogP contribution in [0.15, 0.2) is 60.9 Å². The predicted octanol–water partition coefficient (Wildman–Crippen LogP) is 5.43. The molecular weight excluding hydrogens is 464 g/mol. The highest BCUT2D eigenvalue weighted by atomic mass is 16.2. The number of pyridine rings is 2. The van der Waals surface area contributed by atoms with Crippen molar-refractivity contribution in [3.63, 3.8) is 0 Å². The number of H-pyrrole nitrogens is 1. The van der Waals surface area contributed by atoms with E-state index in [0.29, 0.717) is 28.4 Å². The first-order valence-corrected chi connectivity index (χ1v) is 13.0. The minimum atomic E-state index is -0.295. The molecule has 4 bridgehead atoms. The molecule has 4 saturated carbocycles. The van der Waals surface area contributed by atoms with Gasteiger partial charge in [0, 0.05) is 23.6 Å². The van der Waals surface area contributed by atoms with Gasteiger partial charge in [0.05, 0.1) is 11.0 Å². The van der Waals surface area contributed by atoms with Crippen LogP contribution in [0.1, 0.15) is 48.9 Å². The number of anilines is 2. The van der Waals surface area contributed by atoms with Gasteiger partial charge in [-0.3, -0.25) is 9.59 Å². The zero-order valence-electron chi connectivity index (χ0n) is 20.4. The zero-order chi connectivity index (χ0) is 25.0. The molecule has 8 heteroatoms. The molecule has 0 atom stereocenters. The zero-order valence-corrected chi connectivity index (χ0v) is 20.4. The van der Waals surface area contributed by atoms with E-state index in [9.17, 15) is 9.59 Å². The number of fused-ring (bicyclic) bond motifs is 1. The van der Waals surface area contributed by atoms with Crippen molar-refractivity contribution >= 4 is 34.5 Å². The van der Waals surface area contributed by atoms with Crippen LogP contribution in [-0.4, -0.2) is 31.8 Å². The molecular formula is C29H28N6O2. The lowest BCUT2D eigenvalue weighted by Crippen LogP contribution is -2.51. The maximum absolute atomic E-state index is 13.4. The van der Waals surface area contributed by atoms with E-state index in [-0.39, 0.29) is 17.2 Å². The number of rotatable bonds is 5. The number of nitrogens with one attached hydrogen (secondary N) is 3. The van der Waals surface area contributed by atoms with Crippen molar-refractivity contribution in [2.24, 2.45) is 23.2 Å². The highest BCUT2D eigenvalue weighted by Gasteiger charge is 2.54.